The van der Waals surface area contributed by atoms with Gasteiger partial charge in [-0.3, -0.25) is 14.2 Å². The highest BCUT2D eigenvalue weighted by molar-refractivity contribution is 7.20. The molecule has 3 heterocycles. The number of hydrogen-bond acceptors (Lipinski definition) is 5. The molecule has 0 radical (unpaired) electrons. The van der Waals surface area contributed by atoms with E-state index >= 15 is 0 Å². The lowest BCUT2D eigenvalue weighted by Crippen LogP contribution is -2.25. The SMILES string of the molecule is CCCOc1ccc(CNC(=O)c2sc3nc4n(c(=O)c3c2C)CCCCC4)cc1. The number of aryl methyl sites for hydroxylation is 2. The molecule has 1 aliphatic heterocycles. The normalized spacial score (nSPS) is 13.7. The van der Waals surface area contributed by atoms with Crippen LogP contribution >= 0.6 is 11.3 Å². The van der Waals surface area contributed by atoms with Crippen molar-refractivity contribution in [1.29, 1.82) is 0 Å². The van der Waals surface area contributed by atoms with Crippen LogP contribution in [0.2, 0.25) is 0 Å². The first-order valence-corrected chi connectivity index (χ1v) is 11.4. The summed E-state index contributed by atoms with van der Waals surface area (Å²) >= 11 is 1.32. The van der Waals surface area contributed by atoms with Crippen molar-refractivity contribution < 1.29 is 9.53 Å². The molecule has 7 heteroatoms. The van der Waals surface area contributed by atoms with Gasteiger partial charge in [0.15, 0.2) is 0 Å². The number of aromatic nitrogens is 2. The molecule has 0 fully saturated rings. The van der Waals surface area contributed by atoms with Crippen LogP contribution in [0.5, 0.6) is 5.75 Å². The minimum atomic E-state index is -0.165. The fraction of sp³-hybridized carbons (Fsp3) is 0.435. The second-order valence-corrected chi connectivity index (χ2v) is 8.71. The third-order valence-corrected chi connectivity index (χ3v) is 6.65. The first-order valence-electron chi connectivity index (χ1n) is 10.6. The summed E-state index contributed by atoms with van der Waals surface area (Å²) < 4.78 is 7.40. The van der Waals surface area contributed by atoms with Crippen LogP contribution in [0, 0.1) is 6.92 Å². The number of rotatable bonds is 6. The Kier molecular flexibility index (Phi) is 6.18. The molecule has 1 aromatic carbocycles. The summed E-state index contributed by atoms with van der Waals surface area (Å²) in [7, 11) is 0. The van der Waals surface area contributed by atoms with Crippen molar-refractivity contribution in [3.8, 4) is 5.75 Å². The van der Waals surface area contributed by atoms with E-state index in [0.717, 1.165) is 54.8 Å². The lowest BCUT2D eigenvalue weighted by molar-refractivity contribution is 0.0954. The zero-order valence-electron chi connectivity index (χ0n) is 17.5. The van der Waals surface area contributed by atoms with E-state index < -0.39 is 0 Å². The third-order valence-electron chi connectivity index (χ3n) is 5.47. The molecule has 2 aromatic heterocycles. The van der Waals surface area contributed by atoms with Gasteiger partial charge in [0.25, 0.3) is 11.5 Å². The fourth-order valence-corrected chi connectivity index (χ4v) is 4.92. The van der Waals surface area contributed by atoms with Crippen molar-refractivity contribution in [1.82, 2.24) is 14.9 Å². The van der Waals surface area contributed by atoms with Crippen molar-refractivity contribution in [2.24, 2.45) is 0 Å². The van der Waals surface area contributed by atoms with Crippen molar-refractivity contribution in [3.05, 3.63) is 56.4 Å². The Morgan fingerprint density at radius 1 is 1.23 bits per heavy atom. The van der Waals surface area contributed by atoms with E-state index in [9.17, 15) is 9.59 Å². The van der Waals surface area contributed by atoms with E-state index in [2.05, 4.69) is 12.2 Å². The number of ether oxygens (including phenoxy) is 1. The summed E-state index contributed by atoms with van der Waals surface area (Å²) in [6, 6.07) is 7.74. The number of carbonyl (C=O) groups excluding carboxylic acids is 1. The minimum Gasteiger partial charge on any atom is -0.494 e. The van der Waals surface area contributed by atoms with Gasteiger partial charge in [-0.1, -0.05) is 25.5 Å². The Morgan fingerprint density at radius 2 is 2.03 bits per heavy atom. The van der Waals surface area contributed by atoms with E-state index in [4.69, 9.17) is 9.72 Å². The van der Waals surface area contributed by atoms with Gasteiger partial charge in [-0.25, -0.2) is 4.98 Å². The van der Waals surface area contributed by atoms with Gasteiger partial charge in [0.2, 0.25) is 0 Å². The van der Waals surface area contributed by atoms with Gasteiger partial charge in [0, 0.05) is 19.5 Å². The molecule has 30 heavy (non-hydrogen) atoms. The highest BCUT2D eigenvalue weighted by Crippen LogP contribution is 2.28. The lowest BCUT2D eigenvalue weighted by Gasteiger charge is -2.08. The second kappa shape index (κ2) is 9.00. The molecule has 4 rings (SSSR count). The Morgan fingerprint density at radius 3 is 2.80 bits per heavy atom. The van der Waals surface area contributed by atoms with Crippen molar-refractivity contribution in [2.45, 2.75) is 59.0 Å². The average Bonchev–Trinajstić information content (AvgIpc) is 2.92. The van der Waals surface area contributed by atoms with Gasteiger partial charge in [0.1, 0.15) is 16.4 Å². The Hall–Kier alpha value is -2.67. The quantitative estimate of drug-likeness (QED) is 0.642. The molecule has 6 nitrogen and oxygen atoms in total. The Bertz CT molecular complexity index is 1120. The van der Waals surface area contributed by atoms with Gasteiger partial charge in [-0.05, 0) is 49.4 Å². The van der Waals surface area contributed by atoms with Gasteiger partial charge in [-0.15, -0.1) is 11.3 Å². The molecular weight excluding hydrogens is 398 g/mol. The molecule has 0 unspecified atom stereocenters. The number of benzene rings is 1. The summed E-state index contributed by atoms with van der Waals surface area (Å²) in [4.78, 5) is 31.9. The maximum absolute atomic E-state index is 13.1. The largest absolute Gasteiger partial charge is 0.494 e. The van der Waals surface area contributed by atoms with Gasteiger partial charge in [0.05, 0.1) is 16.9 Å². The maximum Gasteiger partial charge on any atom is 0.262 e. The first-order chi connectivity index (χ1) is 14.6. The lowest BCUT2D eigenvalue weighted by atomic mass is 10.2. The molecule has 1 aliphatic rings. The number of thiophene rings is 1. The van der Waals surface area contributed by atoms with Crippen LogP contribution in [0.4, 0.5) is 0 Å². The maximum atomic E-state index is 13.1. The summed E-state index contributed by atoms with van der Waals surface area (Å²) in [6.45, 7) is 5.75. The fourth-order valence-electron chi connectivity index (χ4n) is 3.81. The number of fused-ring (bicyclic) bond motifs is 2. The zero-order chi connectivity index (χ0) is 21.1. The molecular formula is C23H27N3O3S. The molecule has 0 atom stereocenters. The van der Waals surface area contributed by atoms with Gasteiger partial charge >= 0.3 is 0 Å². The third kappa shape index (κ3) is 4.12. The molecule has 0 saturated heterocycles. The molecule has 0 saturated carbocycles. The summed E-state index contributed by atoms with van der Waals surface area (Å²) in [6.07, 6.45) is 4.96. The predicted molar refractivity (Wildman–Crippen MR) is 120 cm³/mol. The predicted octanol–water partition coefficient (Wildman–Crippen LogP) is 4.21. The van der Waals surface area contributed by atoms with Crippen LogP contribution in [-0.4, -0.2) is 22.1 Å². The zero-order valence-corrected chi connectivity index (χ0v) is 18.3. The Balaban J connectivity index is 1.53. The van der Waals surface area contributed by atoms with Gasteiger partial charge < -0.3 is 10.1 Å². The molecule has 3 aromatic rings. The van der Waals surface area contributed by atoms with Crippen LogP contribution in [0.25, 0.3) is 10.2 Å². The van der Waals surface area contributed by atoms with Crippen LogP contribution < -0.4 is 15.6 Å². The molecule has 0 bridgehead atoms. The van der Waals surface area contributed by atoms with Crippen molar-refractivity contribution in [2.75, 3.05) is 6.61 Å². The van der Waals surface area contributed by atoms with Crippen LogP contribution in [0.15, 0.2) is 29.1 Å². The molecule has 158 valence electrons. The number of amides is 1. The van der Waals surface area contributed by atoms with Crippen LogP contribution in [0.1, 0.15) is 59.2 Å². The summed E-state index contributed by atoms with van der Waals surface area (Å²) in [5.41, 5.74) is 1.72. The summed E-state index contributed by atoms with van der Waals surface area (Å²) in [5, 5.41) is 3.56. The average molecular weight is 426 g/mol. The van der Waals surface area contributed by atoms with Crippen LogP contribution in [-0.2, 0) is 19.5 Å². The molecule has 0 aliphatic carbocycles. The number of nitrogens with one attached hydrogen (secondary N) is 1. The van der Waals surface area contributed by atoms with Crippen molar-refractivity contribution >= 4 is 27.5 Å². The second-order valence-electron chi connectivity index (χ2n) is 7.71. The standard InChI is InChI=1S/C23H27N3O3S/c1-3-13-29-17-10-8-16(9-11-17)14-24-21(27)20-15(2)19-22(30-20)25-18-7-5-4-6-12-26(18)23(19)28/h8-11H,3-7,12-14H2,1-2H3,(H,24,27). The number of nitrogens with zero attached hydrogens (tertiary/aromatic N) is 2. The van der Waals surface area contributed by atoms with E-state index in [1.54, 1.807) is 4.57 Å². The van der Waals surface area contributed by atoms with E-state index in [1.807, 2.05) is 31.2 Å². The Labute approximate surface area is 179 Å². The summed E-state index contributed by atoms with van der Waals surface area (Å²) in [5.74, 6) is 1.52. The highest BCUT2D eigenvalue weighted by atomic mass is 32.1. The van der Waals surface area contributed by atoms with E-state index in [0.29, 0.717) is 34.8 Å². The minimum absolute atomic E-state index is 0.00707. The molecule has 1 N–H and O–H groups in total. The monoisotopic (exact) mass is 425 g/mol. The smallest absolute Gasteiger partial charge is 0.262 e. The van der Waals surface area contributed by atoms with E-state index in [-0.39, 0.29) is 11.5 Å². The molecule has 1 amide bonds. The number of carbonyl (C=O) groups is 1. The van der Waals surface area contributed by atoms with Crippen molar-refractivity contribution in [3.63, 3.8) is 0 Å². The van der Waals surface area contributed by atoms with Gasteiger partial charge in [-0.2, -0.15) is 0 Å². The number of hydrogen-bond donors (Lipinski definition) is 1. The highest BCUT2D eigenvalue weighted by Gasteiger charge is 2.22. The van der Waals surface area contributed by atoms with E-state index in [1.165, 1.54) is 11.3 Å². The topological polar surface area (TPSA) is 73.2 Å². The molecule has 0 spiro atoms. The first kappa shape index (κ1) is 20.6. The van der Waals surface area contributed by atoms with Crippen LogP contribution in [0.3, 0.4) is 0 Å².